The van der Waals surface area contributed by atoms with Crippen LogP contribution in [0.15, 0.2) is 48.5 Å². The van der Waals surface area contributed by atoms with Crippen molar-refractivity contribution >= 4 is 17.9 Å². The molecule has 0 aliphatic rings. The van der Waals surface area contributed by atoms with Crippen molar-refractivity contribution in [2.24, 2.45) is 0 Å². The molecule has 206 valence electrons. The van der Waals surface area contributed by atoms with Crippen LogP contribution in [-0.4, -0.2) is 55.6 Å². The zero-order valence-electron chi connectivity index (χ0n) is 21.4. The van der Waals surface area contributed by atoms with Crippen LogP contribution >= 0.6 is 0 Å². The van der Waals surface area contributed by atoms with Gasteiger partial charge >= 0.3 is 17.9 Å². The van der Waals surface area contributed by atoms with E-state index in [0.29, 0.717) is 0 Å². The van der Waals surface area contributed by atoms with Gasteiger partial charge in [0.25, 0.3) is 0 Å². The minimum absolute atomic E-state index is 0.109. The Morgan fingerprint density at radius 1 is 0.692 bits per heavy atom. The molecule has 0 saturated carbocycles. The van der Waals surface area contributed by atoms with Crippen molar-refractivity contribution < 1.29 is 54.1 Å². The number of phenolic OH excluding ortho intramolecular Hbond substituents is 4. The second-order valence-corrected chi connectivity index (χ2v) is 8.82. The van der Waals surface area contributed by atoms with Gasteiger partial charge in [-0.3, -0.25) is 14.4 Å². The van der Waals surface area contributed by atoms with Crippen LogP contribution in [0.4, 0.5) is 0 Å². The minimum Gasteiger partial charge on any atom is -0.508 e. The number of carbonyl (C=O) groups excluding carboxylic acids is 3. The van der Waals surface area contributed by atoms with Crippen LogP contribution in [0.3, 0.4) is 0 Å². The first-order valence-corrected chi connectivity index (χ1v) is 11.8. The standard InChI is InChI=1S/C28H28O11/c1-14(29)12-21(33)38-27-23(17-4-8-19(31)9-5-17)26(36)28(39-22(34)13-15(2)37-16(3)30)24(25(27)35)18-6-10-20(32)11-7-18/h4-11,14-15,29,31-32,35-36H,12-13H2,1-3H3/t14-,15-/m0/s1. The van der Waals surface area contributed by atoms with E-state index in [-0.39, 0.29) is 33.8 Å². The number of benzene rings is 3. The molecule has 39 heavy (non-hydrogen) atoms. The molecule has 0 unspecified atom stereocenters. The quantitative estimate of drug-likeness (QED) is 0.151. The van der Waals surface area contributed by atoms with Crippen LogP contribution in [0.25, 0.3) is 22.3 Å². The van der Waals surface area contributed by atoms with E-state index in [2.05, 4.69) is 0 Å². The number of esters is 3. The fraction of sp³-hybridized carbons (Fsp3) is 0.250. The Morgan fingerprint density at radius 3 is 1.44 bits per heavy atom. The average molecular weight is 541 g/mol. The highest BCUT2D eigenvalue weighted by atomic mass is 16.6. The lowest BCUT2D eigenvalue weighted by atomic mass is 9.95. The molecule has 0 heterocycles. The van der Waals surface area contributed by atoms with Crippen molar-refractivity contribution in [2.45, 2.75) is 45.8 Å². The molecule has 2 atom stereocenters. The molecule has 3 aromatic carbocycles. The second-order valence-electron chi connectivity index (χ2n) is 8.82. The second kappa shape index (κ2) is 12.2. The first-order chi connectivity index (χ1) is 18.4. The van der Waals surface area contributed by atoms with E-state index in [1.54, 1.807) is 0 Å². The Hall–Kier alpha value is -4.77. The molecule has 0 saturated heterocycles. The van der Waals surface area contributed by atoms with Gasteiger partial charge in [-0.05, 0) is 49.2 Å². The number of aliphatic hydroxyl groups excluding tert-OH is 1. The van der Waals surface area contributed by atoms with Crippen molar-refractivity contribution in [2.75, 3.05) is 0 Å². The Balaban J connectivity index is 2.27. The van der Waals surface area contributed by atoms with Gasteiger partial charge in [-0.2, -0.15) is 0 Å². The third-order valence-electron chi connectivity index (χ3n) is 5.38. The zero-order valence-corrected chi connectivity index (χ0v) is 21.4. The van der Waals surface area contributed by atoms with Crippen molar-refractivity contribution in [3.05, 3.63) is 48.5 Å². The number of phenols is 4. The highest BCUT2D eigenvalue weighted by Crippen LogP contribution is 2.56. The topological polar surface area (TPSA) is 180 Å². The van der Waals surface area contributed by atoms with E-state index in [9.17, 15) is 39.9 Å². The maximum absolute atomic E-state index is 12.8. The van der Waals surface area contributed by atoms with Crippen LogP contribution in [-0.2, 0) is 19.1 Å². The third kappa shape index (κ3) is 7.17. The largest absolute Gasteiger partial charge is 0.508 e. The SMILES string of the molecule is CC(=O)O[C@@H](C)CC(=O)Oc1c(O)c(-c2ccc(O)cc2)c(OC(=O)C[C@H](C)O)c(O)c1-c1ccc(O)cc1. The summed E-state index contributed by atoms with van der Waals surface area (Å²) in [5, 5.41) is 51.9. The van der Waals surface area contributed by atoms with Gasteiger partial charge in [-0.1, -0.05) is 24.3 Å². The van der Waals surface area contributed by atoms with Gasteiger partial charge in [0, 0.05) is 6.92 Å². The molecule has 11 nitrogen and oxygen atoms in total. The first-order valence-electron chi connectivity index (χ1n) is 11.8. The maximum atomic E-state index is 12.8. The molecule has 11 heteroatoms. The predicted molar refractivity (Wildman–Crippen MR) is 137 cm³/mol. The van der Waals surface area contributed by atoms with Crippen LogP contribution in [0.5, 0.6) is 34.5 Å². The van der Waals surface area contributed by atoms with E-state index in [1.807, 2.05) is 0 Å². The lowest BCUT2D eigenvalue weighted by Gasteiger charge is -2.21. The number of hydrogen-bond donors (Lipinski definition) is 5. The van der Waals surface area contributed by atoms with Crippen molar-refractivity contribution in [3.8, 4) is 56.8 Å². The summed E-state index contributed by atoms with van der Waals surface area (Å²) < 4.78 is 15.8. The van der Waals surface area contributed by atoms with E-state index in [0.717, 1.165) is 0 Å². The molecule has 0 amide bonds. The fourth-order valence-corrected chi connectivity index (χ4v) is 3.78. The third-order valence-corrected chi connectivity index (χ3v) is 5.38. The molecule has 0 aliphatic heterocycles. The van der Waals surface area contributed by atoms with Crippen LogP contribution in [0, 0.1) is 0 Å². The number of rotatable bonds is 9. The lowest BCUT2D eigenvalue weighted by molar-refractivity contribution is -0.149. The van der Waals surface area contributed by atoms with Gasteiger partial charge in [0.2, 0.25) is 0 Å². The van der Waals surface area contributed by atoms with Gasteiger partial charge in [0.05, 0.1) is 30.1 Å². The summed E-state index contributed by atoms with van der Waals surface area (Å²) in [5.41, 5.74) is -0.155. The van der Waals surface area contributed by atoms with Gasteiger partial charge < -0.3 is 39.7 Å². The monoisotopic (exact) mass is 540 g/mol. The minimum atomic E-state index is -1.07. The average Bonchev–Trinajstić information content (AvgIpc) is 2.83. The molecule has 0 aromatic heterocycles. The molecule has 0 aliphatic carbocycles. The lowest BCUT2D eigenvalue weighted by Crippen LogP contribution is -2.20. The summed E-state index contributed by atoms with van der Waals surface area (Å²) in [6.45, 7) is 4.00. The maximum Gasteiger partial charge on any atom is 0.315 e. The molecule has 5 N–H and O–H groups in total. The van der Waals surface area contributed by atoms with Gasteiger partial charge in [0.15, 0.2) is 23.0 Å². The highest BCUT2D eigenvalue weighted by Gasteiger charge is 2.31. The van der Waals surface area contributed by atoms with Crippen LogP contribution < -0.4 is 9.47 Å². The molecule has 0 fully saturated rings. The number of hydrogen-bond acceptors (Lipinski definition) is 11. The molecular formula is C28H28O11. The van der Waals surface area contributed by atoms with E-state index < -0.39 is 66.0 Å². The summed E-state index contributed by atoms with van der Waals surface area (Å²) in [7, 11) is 0. The predicted octanol–water partition coefficient (Wildman–Crippen LogP) is 3.77. The summed E-state index contributed by atoms with van der Waals surface area (Å²) in [4.78, 5) is 36.5. The number of aromatic hydroxyl groups is 4. The van der Waals surface area contributed by atoms with Crippen molar-refractivity contribution in [1.29, 1.82) is 0 Å². The van der Waals surface area contributed by atoms with Gasteiger partial charge in [0.1, 0.15) is 17.6 Å². The Kier molecular flexibility index (Phi) is 9.00. The first kappa shape index (κ1) is 28.8. The molecule has 3 rings (SSSR count). The normalized spacial score (nSPS) is 12.3. The Morgan fingerprint density at radius 2 is 1.08 bits per heavy atom. The summed E-state index contributed by atoms with van der Waals surface area (Å²) in [6.07, 6.45) is -2.76. The summed E-state index contributed by atoms with van der Waals surface area (Å²) >= 11 is 0. The number of ether oxygens (including phenoxy) is 3. The van der Waals surface area contributed by atoms with E-state index >= 15 is 0 Å². The Labute approximate surface area is 223 Å². The zero-order chi connectivity index (χ0) is 28.9. The Bertz CT molecular complexity index is 1360. The van der Waals surface area contributed by atoms with Crippen molar-refractivity contribution in [3.63, 3.8) is 0 Å². The van der Waals surface area contributed by atoms with Crippen molar-refractivity contribution in [1.82, 2.24) is 0 Å². The smallest absolute Gasteiger partial charge is 0.315 e. The van der Waals surface area contributed by atoms with Crippen LogP contribution in [0.2, 0.25) is 0 Å². The fourth-order valence-electron chi connectivity index (χ4n) is 3.78. The highest BCUT2D eigenvalue weighted by molar-refractivity contribution is 5.95. The number of aliphatic hydroxyl groups is 1. The van der Waals surface area contributed by atoms with Gasteiger partial charge in [-0.25, -0.2) is 0 Å². The van der Waals surface area contributed by atoms with Crippen LogP contribution in [0.1, 0.15) is 33.6 Å². The number of carbonyl (C=O) groups is 3. The van der Waals surface area contributed by atoms with E-state index in [4.69, 9.17) is 14.2 Å². The summed E-state index contributed by atoms with van der Waals surface area (Å²) in [5.74, 6) is -5.09. The summed E-state index contributed by atoms with van der Waals surface area (Å²) in [6, 6.07) is 10.6. The molecule has 0 bridgehead atoms. The molecular weight excluding hydrogens is 512 g/mol. The molecule has 3 aromatic rings. The van der Waals surface area contributed by atoms with Gasteiger partial charge in [-0.15, -0.1) is 0 Å². The van der Waals surface area contributed by atoms with E-state index in [1.165, 1.54) is 69.3 Å². The molecule has 0 radical (unpaired) electrons. The molecule has 0 spiro atoms.